The molecule has 0 atom stereocenters. The lowest BCUT2D eigenvalue weighted by Crippen LogP contribution is -2.26. The molecule has 27 heavy (non-hydrogen) atoms. The average molecular weight is 368 g/mol. The predicted octanol–water partition coefficient (Wildman–Crippen LogP) is 4.97. The van der Waals surface area contributed by atoms with Gasteiger partial charge in [-0.25, -0.2) is 4.79 Å². The first-order chi connectivity index (χ1) is 12.9. The van der Waals surface area contributed by atoms with E-state index >= 15 is 0 Å². The molecule has 0 saturated carbocycles. The van der Waals surface area contributed by atoms with Crippen LogP contribution in [0, 0.1) is 0 Å². The highest BCUT2D eigenvalue weighted by molar-refractivity contribution is 5.92. The van der Waals surface area contributed by atoms with Crippen molar-refractivity contribution in [2.24, 2.45) is 0 Å². The number of aryl methyl sites for hydroxylation is 1. The molecule has 0 fully saturated rings. The highest BCUT2D eigenvalue weighted by Gasteiger charge is 2.11. The lowest BCUT2D eigenvalue weighted by atomic mass is 10.0. The Morgan fingerprint density at radius 3 is 2.22 bits per heavy atom. The lowest BCUT2D eigenvalue weighted by Gasteiger charge is -2.17. The van der Waals surface area contributed by atoms with Crippen LogP contribution in [-0.4, -0.2) is 25.7 Å². The second-order valence-corrected chi connectivity index (χ2v) is 6.75. The van der Waals surface area contributed by atoms with Crippen molar-refractivity contribution >= 4 is 23.4 Å². The van der Waals surface area contributed by atoms with Gasteiger partial charge in [-0.1, -0.05) is 38.1 Å². The molecule has 2 rings (SSSR count). The number of carbonyl (C=O) groups is 2. The summed E-state index contributed by atoms with van der Waals surface area (Å²) in [5.74, 6) is 0.475. The number of hydrogen-bond donors (Lipinski definition) is 1. The van der Waals surface area contributed by atoms with Gasteiger partial charge in [-0.2, -0.15) is 0 Å². The Morgan fingerprint density at radius 2 is 1.67 bits per heavy atom. The summed E-state index contributed by atoms with van der Waals surface area (Å²) in [6.45, 7) is 6.43. The third-order valence-electron chi connectivity index (χ3n) is 4.37. The van der Waals surface area contributed by atoms with Gasteiger partial charge in [0.25, 0.3) is 0 Å². The van der Waals surface area contributed by atoms with Crippen LogP contribution >= 0.6 is 0 Å². The van der Waals surface area contributed by atoms with E-state index in [1.54, 1.807) is 38.2 Å². The molecule has 0 aliphatic carbocycles. The lowest BCUT2D eigenvalue weighted by molar-refractivity contribution is -0.116. The molecule has 2 aromatic rings. The monoisotopic (exact) mass is 368 g/mol. The summed E-state index contributed by atoms with van der Waals surface area (Å²) >= 11 is 0. The third-order valence-corrected chi connectivity index (χ3v) is 4.37. The molecular formula is C22H28N2O3. The van der Waals surface area contributed by atoms with E-state index in [4.69, 9.17) is 4.74 Å². The van der Waals surface area contributed by atoms with Gasteiger partial charge in [0.15, 0.2) is 0 Å². The fourth-order valence-corrected chi connectivity index (χ4v) is 2.64. The van der Waals surface area contributed by atoms with Gasteiger partial charge in [-0.15, -0.1) is 0 Å². The number of carbonyl (C=O) groups excluding carboxylic acids is 2. The van der Waals surface area contributed by atoms with Crippen LogP contribution in [0.4, 0.5) is 16.2 Å². The van der Waals surface area contributed by atoms with Gasteiger partial charge in [-0.05, 0) is 54.7 Å². The van der Waals surface area contributed by atoms with Crippen molar-refractivity contribution in [3.63, 3.8) is 0 Å². The van der Waals surface area contributed by atoms with Gasteiger partial charge in [-0.3, -0.25) is 9.69 Å². The Labute approximate surface area is 161 Å². The van der Waals surface area contributed by atoms with E-state index < -0.39 is 6.09 Å². The van der Waals surface area contributed by atoms with E-state index in [0.717, 1.165) is 5.56 Å². The molecule has 1 N–H and O–H groups in total. The van der Waals surface area contributed by atoms with Gasteiger partial charge in [0.2, 0.25) is 5.91 Å². The predicted molar refractivity (Wildman–Crippen MR) is 109 cm³/mol. The van der Waals surface area contributed by atoms with Crippen LogP contribution in [0.5, 0.6) is 0 Å². The largest absolute Gasteiger partial charge is 0.449 e. The molecule has 5 heteroatoms. The summed E-state index contributed by atoms with van der Waals surface area (Å²) in [7, 11) is 1.65. The van der Waals surface area contributed by atoms with E-state index in [1.807, 2.05) is 0 Å². The highest BCUT2D eigenvalue weighted by atomic mass is 16.6. The number of amides is 2. The molecule has 0 aliphatic rings. The molecule has 0 saturated heterocycles. The van der Waals surface area contributed by atoms with Gasteiger partial charge < -0.3 is 10.1 Å². The minimum Gasteiger partial charge on any atom is -0.449 e. The van der Waals surface area contributed by atoms with Gasteiger partial charge in [0.05, 0.1) is 6.61 Å². The minimum atomic E-state index is -0.405. The fraction of sp³-hybridized carbons (Fsp3) is 0.364. The highest BCUT2D eigenvalue weighted by Crippen LogP contribution is 2.18. The van der Waals surface area contributed by atoms with Crippen LogP contribution in [0.2, 0.25) is 0 Å². The second kappa shape index (κ2) is 9.76. The smallest absolute Gasteiger partial charge is 0.413 e. The quantitative estimate of drug-likeness (QED) is 0.750. The van der Waals surface area contributed by atoms with Crippen molar-refractivity contribution in [1.29, 1.82) is 0 Å². The fourth-order valence-electron chi connectivity index (χ4n) is 2.64. The Hall–Kier alpha value is -2.82. The summed E-state index contributed by atoms with van der Waals surface area (Å²) in [4.78, 5) is 25.3. The molecule has 144 valence electrons. The zero-order chi connectivity index (χ0) is 19.8. The standard InChI is InChI=1S/C22H28N2O3/c1-5-27-22(26)24(4)20-13-11-19(12-14-20)23-21(25)15-8-17-6-9-18(10-7-17)16(2)3/h6-7,9-14,16H,5,8,15H2,1-4H3,(H,23,25). The first-order valence-corrected chi connectivity index (χ1v) is 9.30. The number of anilines is 2. The topological polar surface area (TPSA) is 58.6 Å². The average Bonchev–Trinajstić information content (AvgIpc) is 2.67. The third kappa shape index (κ3) is 6.13. The minimum absolute atomic E-state index is 0.0329. The van der Waals surface area contributed by atoms with Crippen molar-refractivity contribution in [2.75, 3.05) is 23.9 Å². The van der Waals surface area contributed by atoms with Crippen molar-refractivity contribution in [3.8, 4) is 0 Å². The van der Waals surface area contributed by atoms with Gasteiger partial charge >= 0.3 is 6.09 Å². The van der Waals surface area contributed by atoms with E-state index in [1.165, 1.54) is 10.5 Å². The van der Waals surface area contributed by atoms with Gasteiger partial charge in [0, 0.05) is 24.8 Å². The summed E-state index contributed by atoms with van der Waals surface area (Å²) < 4.78 is 4.96. The Kier molecular flexibility index (Phi) is 7.41. The van der Waals surface area contributed by atoms with Crippen LogP contribution in [0.1, 0.15) is 44.2 Å². The van der Waals surface area contributed by atoms with Crippen LogP contribution < -0.4 is 10.2 Å². The second-order valence-electron chi connectivity index (χ2n) is 6.75. The maximum absolute atomic E-state index is 12.2. The number of ether oxygens (including phenoxy) is 1. The first kappa shape index (κ1) is 20.5. The summed E-state index contributed by atoms with van der Waals surface area (Å²) in [6, 6.07) is 15.5. The Balaban J connectivity index is 1.85. The zero-order valence-electron chi connectivity index (χ0n) is 16.5. The van der Waals surface area contributed by atoms with Crippen molar-refractivity contribution in [1.82, 2.24) is 0 Å². The molecule has 0 aliphatic heterocycles. The van der Waals surface area contributed by atoms with E-state index in [-0.39, 0.29) is 5.91 Å². The van der Waals surface area contributed by atoms with E-state index in [2.05, 4.69) is 43.4 Å². The van der Waals surface area contributed by atoms with Crippen molar-refractivity contribution in [2.45, 2.75) is 39.5 Å². The summed E-state index contributed by atoms with van der Waals surface area (Å²) in [5.41, 5.74) is 3.87. The van der Waals surface area contributed by atoms with E-state index in [9.17, 15) is 9.59 Å². The van der Waals surface area contributed by atoms with Crippen LogP contribution in [-0.2, 0) is 16.0 Å². The first-order valence-electron chi connectivity index (χ1n) is 9.30. The van der Waals surface area contributed by atoms with Crippen LogP contribution in [0.3, 0.4) is 0 Å². The number of nitrogens with one attached hydrogen (secondary N) is 1. The maximum Gasteiger partial charge on any atom is 0.413 e. The zero-order valence-corrected chi connectivity index (χ0v) is 16.5. The number of benzene rings is 2. The molecule has 0 unspecified atom stereocenters. The van der Waals surface area contributed by atoms with Crippen LogP contribution in [0.25, 0.3) is 0 Å². The Bertz CT molecular complexity index is 752. The molecule has 2 aromatic carbocycles. The summed E-state index contributed by atoms with van der Waals surface area (Å²) in [5, 5.41) is 2.89. The molecule has 5 nitrogen and oxygen atoms in total. The van der Waals surface area contributed by atoms with Gasteiger partial charge in [0.1, 0.15) is 0 Å². The molecule has 0 heterocycles. The number of hydrogen-bond acceptors (Lipinski definition) is 3. The molecule has 0 aromatic heterocycles. The number of rotatable bonds is 7. The molecule has 0 bridgehead atoms. The van der Waals surface area contributed by atoms with E-state index in [0.29, 0.717) is 36.7 Å². The maximum atomic E-state index is 12.2. The molecule has 0 spiro atoms. The SMILES string of the molecule is CCOC(=O)N(C)c1ccc(NC(=O)CCc2ccc(C(C)C)cc2)cc1. The molecule has 0 radical (unpaired) electrons. The molecule has 2 amide bonds. The van der Waals surface area contributed by atoms with Crippen molar-refractivity contribution in [3.05, 3.63) is 59.7 Å². The number of nitrogens with zero attached hydrogens (tertiary/aromatic N) is 1. The summed E-state index contributed by atoms with van der Waals surface area (Å²) in [6.07, 6.45) is 0.720. The van der Waals surface area contributed by atoms with Crippen molar-refractivity contribution < 1.29 is 14.3 Å². The van der Waals surface area contributed by atoms with Crippen LogP contribution in [0.15, 0.2) is 48.5 Å². The Morgan fingerprint density at radius 1 is 1.04 bits per heavy atom. The molecular weight excluding hydrogens is 340 g/mol. The normalized spacial score (nSPS) is 10.6.